The van der Waals surface area contributed by atoms with Crippen molar-refractivity contribution in [1.82, 2.24) is 0 Å². The van der Waals surface area contributed by atoms with Crippen LogP contribution in [-0.2, 0) is 0 Å². The molecule has 1 aromatic carbocycles. The average Bonchev–Trinajstić information content (AvgIpc) is 2.16. The largest absolute Gasteiger partial charge is 0.496 e. The van der Waals surface area contributed by atoms with Crippen molar-refractivity contribution in [1.29, 1.82) is 0 Å². The number of carbonyl (C=O) groups is 2. The fraction of sp³-hybridized carbons (Fsp3) is 0.273. The molecule has 0 saturated heterocycles. The summed E-state index contributed by atoms with van der Waals surface area (Å²) in [6.45, 7) is 3.25. The van der Waals surface area contributed by atoms with Crippen LogP contribution in [0.4, 0.5) is 0 Å². The van der Waals surface area contributed by atoms with E-state index in [9.17, 15) is 9.59 Å². The summed E-state index contributed by atoms with van der Waals surface area (Å²) in [7, 11) is 1.51. The number of carbonyl (C=O) groups excluding carboxylic acids is 2. The van der Waals surface area contributed by atoms with Gasteiger partial charge in [0.15, 0.2) is 5.78 Å². The summed E-state index contributed by atoms with van der Waals surface area (Å²) in [5.74, 6) is 0.441. The van der Waals surface area contributed by atoms with Crippen LogP contribution >= 0.6 is 0 Å². The Labute approximate surface area is 82.7 Å². The Balaban J connectivity index is 3.42. The van der Waals surface area contributed by atoms with Gasteiger partial charge < -0.3 is 4.74 Å². The average molecular weight is 192 g/mol. The van der Waals surface area contributed by atoms with E-state index in [1.807, 2.05) is 0 Å². The van der Waals surface area contributed by atoms with Crippen LogP contribution in [0.25, 0.3) is 0 Å². The van der Waals surface area contributed by atoms with E-state index in [4.69, 9.17) is 4.74 Å². The van der Waals surface area contributed by atoms with E-state index in [0.29, 0.717) is 16.9 Å². The Morgan fingerprint density at radius 3 is 2.50 bits per heavy atom. The van der Waals surface area contributed by atoms with Gasteiger partial charge in [0, 0.05) is 5.56 Å². The lowest BCUT2D eigenvalue weighted by Gasteiger charge is -2.09. The number of methoxy groups -OCH3 is 1. The highest BCUT2D eigenvalue weighted by atomic mass is 16.5. The van der Waals surface area contributed by atoms with Crippen molar-refractivity contribution in [3.05, 3.63) is 28.8 Å². The second-order valence-corrected chi connectivity index (χ2v) is 3.09. The SMILES string of the molecule is COc1c(C)cc(C=O)cc1C(C)=O. The molecule has 1 aromatic rings. The number of ketones is 1. The molecule has 0 aliphatic rings. The van der Waals surface area contributed by atoms with Crippen molar-refractivity contribution in [2.75, 3.05) is 7.11 Å². The molecule has 1 rings (SSSR count). The van der Waals surface area contributed by atoms with E-state index in [2.05, 4.69) is 0 Å². The molecule has 3 nitrogen and oxygen atoms in total. The van der Waals surface area contributed by atoms with Gasteiger partial charge in [-0.2, -0.15) is 0 Å². The molecular formula is C11H12O3. The lowest BCUT2D eigenvalue weighted by Crippen LogP contribution is -2.01. The molecule has 0 radical (unpaired) electrons. The maximum absolute atomic E-state index is 11.2. The second-order valence-electron chi connectivity index (χ2n) is 3.09. The van der Waals surface area contributed by atoms with E-state index in [0.717, 1.165) is 11.8 Å². The predicted molar refractivity (Wildman–Crippen MR) is 53.1 cm³/mol. The first-order valence-corrected chi connectivity index (χ1v) is 4.25. The minimum absolute atomic E-state index is 0.103. The van der Waals surface area contributed by atoms with Gasteiger partial charge in [0.1, 0.15) is 12.0 Å². The molecule has 3 heteroatoms. The zero-order valence-corrected chi connectivity index (χ0v) is 8.46. The fourth-order valence-corrected chi connectivity index (χ4v) is 1.40. The van der Waals surface area contributed by atoms with E-state index < -0.39 is 0 Å². The topological polar surface area (TPSA) is 43.4 Å². The Morgan fingerprint density at radius 1 is 1.43 bits per heavy atom. The zero-order chi connectivity index (χ0) is 10.7. The first kappa shape index (κ1) is 10.4. The summed E-state index contributed by atoms with van der Waals surface area (Å²) in [5, 5.41) is 0. The normalized spacial score (nSPS) is 9.64. The van der Waals surface area contributed by atoms with Gasteiger partial charge in [-0.15, -0.1) is 0 Å². The Kier molecular flexibility index (Phi) is 3.02. The highest BCUT2D eigenvalue weighted by molar-refractivity contribution is 5.98. The molecule has 0 aromatic heterocycles. The van der Waals surface area contributed by atoms with Crippen LogP contribution < -0.4 is 4.74 Å². The minimum Gasteiger partial charge on any atom is -0.496 e. The van der Waals surface area contributed by atoms with E-state index in [1.54, 1.807) is 19.1 Å². The van der Waals surface area contributed by atoms with E-state index >= 15 is 0 Å². The van der Waals surface area contributed by atoms with E-state index in [1.165, 1.54) is 14.0 Å². The molecule has 0 heterocycles. The number of aryl methyl sites for hydroxylation is 1. The molecule has 0 N–H and O–H groups in total. The van der Waals surface area contributed by atoms with Crippen molar-refractivity contribution in [3.8, 4) is 5.75 Å². The maximum atomic E-state index is 11.2. The lowest BCUT2D eigenvalue weighted by atomic mass is 10.0. The van der Waals surface area contributed by atoms with Crippen molar-refractivity contribution in [2.24, 2.45) is 0 Å². The summed E-state index contributed by atoms with van der Waals surface area (Å²) in [6, 6.07) is 3.24. The van der Waals surface area contributed by atoms with Crippen LogP contribution in [0.3, 0.4) is 0 Å². The summed E-state index contributed by atoms with van der Waals surface area (Å²) >= 11 is 0. The highest BCUT2D eigenvalue weighted by Gasteiger charge is 2.11. The molecule has 0 spiro atoms. The smallest absolute Gasteiger partial charge is 0.163 e. The summed E-state index contributed by atoms with van der Waals surface area (Å²) in [5.41, 5.74) is 1.74. The maximum Gasteiger partial charge on any atom is 0.163 e. The van der Waals surface area contributed by atoms with Crippen LogP contribution in [0.2, 0.25) is 0 Å². The van der Waals surface area contributed by atoms with Gasteiger partial charge in [-0.1, -0.05) is 0 Å². The first-order valence-electron chi connectivity index (χ1n) is 4.25. The lowest BCUT2D eigenvalue weighted by molar-refractivity contribution is 0.101. The summed E-state index contributed by atoms with van der Waals surface area (Å²) in [6.07, 6.45) is 0.721. The van der Waals surface area contributed by atoms with Gasteiger partial charge in [0.2, 0.25) is 0 Å². The van der Waals surface area contributed by atoms with Gasteiger partial charge in [0.25, 0.3) is 0 Å². The number of Topliss-reactive ketones (excluding diaryl/α,β-unsaturated/α-hetero) is 1. The molecule has 0 bridgehead atoms. The number of aldehydes is 1. The van der Waals surface area contributed by atoms with E-state index in [-0.39, 0.29) is 5.78 Å². The standard InChI is InChI=1S/C11H12O3/c1-7-4-9(6-12)5-10(8(2)13)11(7)14-3/h4-6H,1-3H3. The first-order chi connectivity index (χ1) is 6.60. The van der Waals surface area contributed by atoms with Gasteiger partial charge in [-0.05, 0) is 31.5 Å². The van der Waals surface area contributed by atoms with Crippen molar-refractivity contribution in [2.45, 2.75) is 13.8 Å². The molecule has 0 fully saturated rings. The molecule has 0 saturated carbocycles. The molecule has 0 aliphatic heterocycles. The second kappa shape index (κ2) is 4.05. The van der Waals surface area contributed by atoms with Gasteiger partial charge in [-0.25, -0.2) is 0 Å². The number of benzene rings is 1. The van der Waals surface area contributed by atoms with Gasteiger partial charge >= 0.3 is 0 Å². The van der Waals surface area contributed by atoms with Gasteiger partial charge in [-0.3, -0.25) is 9.59 Å². The molecule has 14 heavy (non-hydrogen) atoms. The van der Waals surface area contributed by atoms with Crippen LogP contribution in [0.1, 0.15) is 33.2 Å². The van der Waals surface area contributed by atoms with Crippen LogP contribution in [0, 0.1) is 6.92 Å². The van der Waals surface area contributed by atoms with Crippen molar-refractivity contribution < 1.29 is 14.3 Å². The van der Waals surface area contributed by atoms with Crippen LogP contribution in [-0.4, -0.2) is 19.2 Å². The molecule has 0 unspecified atom stereocenters. The van der Waals surface area contributed by atoms with Crippen LogP contribution in [0.15, 0.2) is 12.1 Å². The Bertz CT molecular complexity index is 380. The van der Waals surface area contributed by atoms with Gasteiger partial charge in [0.05, 0.1) is 12.7 Å². The molecular weight excluding hydrogens is 180 g/mol. The number of hydrogen-bond donors (Lipinski definition) is 0. The third-order valence-electron chi connectivity index (χ3n) is 2.02. The van der Waals surface area contributed by atoms with Crippen molar-refractivity contribution >= 4 is 12.1 Å². The highest BCUT2D eigenvalue weighted by Crippen LogP contribution is 2.24. The fourth-order valence-electron chi connectivity index (χ4n) is 1.40. The zero-order valence-electron chi connectivity index (χ0n) is 8.46. The Hall–Kier alpha value is -1.64. The Morgan fingerprint density at radius 2 is 2.07 bits per heavy atom. The minimum atomic E-state index is -0.103. The quantitative estimate of drug-likeness (QED) is 0.543. The van der Waals surface area contributed by atoms with Crippen LogP contribution in [0.5, 0.6) is 5.75 Å². The number of ether oxygens (including phenoxy) is 1. The molecule has 0 amide bonds. The molecule has 0 aliphatic carbocycles. The third-order valence-corrected chi connectivity index (χ3v) is 2.02. The third kappa shape index (κ3) is 1.82. The molecule has 74 valence electrons. The summed E-state index contributed by atoms with van der Waals surface area (Å²) < 4.78 is 5.10. The number of rotatable bonds is 3. The molecule has 0 atom stereocenters. The summed E-state index contributed by atoms with van der Waals surface area (Å²) in [4.78, 5) is 21.8. The van der Waals surface area contributed by atoms with Crippen molar-refractivity contribution in [3.63, 3.8) is 0 Å². The monoisotopic (exact) mass is 192 g/mol. The number of hydrogen-bond acceptors (Lipinski definition) is 3. The predicted octanol–water partition coefficient (Wildman–Crippen LogP) is 2.02.